The molecule has 0 aliphatic carbocycles. The molecule has 2 aromatic rings. The van der Waals surface area contributed by atoms with Gasteiger partial charge in [-0.3, -0.25) is 9.59 Å². The van der Waals surface area contributed by atoms with E-state index >= 15 is 0 Å². The van der Waals surface area contributed by atoms with Crippen LogP contribution >= 0.6 is 11.3 Å². The van der Waals surface area contributed by atoms with Gasteiger partial charge in [-0.2, -0.15) is 0 Å². The number of anilines is 2. The number of nitrogens with one attached hydrogen (secondary N) is 1. The first-order valence-electron chi connectivity index (χ1n) is 7.16. The standard InChI is InChI=1S/C15H16N4O2S/c1-2-12(20)16-15-18-17-14(22-15)10-8-13(21)19(9-10)11-6-4-3-5-7-11/h3-7,10H,2,8-9H2,1H3,(H,16,18,20)/t10-/m0/s1. The molecule has 0 saturated carbocycles. The molecule has 0 unspecified atom stereocenters. The van der Waals surface area contributed by atoms with Gasteiger partial charge in [-0.25, -0.2) is 0 Å². The van der Waals surface area contributed by atoms with Gasteiger partial charge in [-0.1, -0.05) is 36.5 Å². The van der Waals surface area contributed by atoms with E-state index in [1.165, 1.54) is 11.3 Å². The van der Waals surface area contributed by atoms with Crippen molar-refractivity contribution >= 4 is 34.0 Å². The number of aromatic nitrogens is 2. The van der Waals surface area contributed by atoms with Crippen molar-refractivity contribution in [2.24, 2.45) is 0 Å². The average molecular weight is 316 g/mol. The largest absolute Gasteiger partial charge is 0.312 e. The number of amides is 2. The first-order valence-corrected chi connectivity index (χ1v) is 7.97. The van der Waals surface area contributed by atoms with Crippen LogP contribution in [0.2, 0.25) is 0 Å². The van der Waals surface area contributed by atoms with Crippen molar-refractivity contribution in [2.75, 3.05) is 16.8 Å². The van der Waals surface area contributed by atoms with Crippen LogP contribution in [0.3, 0.4) is 0 Å². The number of rotatable bonds is 4. The van der Waals surface area contributed by atoms with Gasteiger partial charge >= 0.3 is 0 Å². The second-order valence-corrected chi connectivity index (χ2v) is 6.10. The van der Waals surface area contributed by atoms with Crippen LogP contribution in [-0.2, 0) is 9.59 Å². The van der Waals surface area contributed by atoms with Gasteiger partial charge in [0.15, 0.2) is 0 Å². The molecule has 22 heavy (non-hydrogen) atoms. The molecule has 1 atom stereocenters. The maximum Gasteiger partial charge on any atom is 0.227 e. The van der Waals surface area contributed by atoms with Crippen molar-refractivity contribution < 1.29 is 9.59 Å². The number of carbonyl (C=O) groups excluding carboxylic acids is 2. The van der Waals surface area contributed by atoms with Gasteiger partial charge in [0, 0.05) is 31.0 Å². The monoisotopic (exact) mass is 316 g/mol. The Morgan fingerprint density at radius 1 is 1.36 bits per heavy atom. The summed E-state index contributed by atoms with van der Waals surface area (Å²) >= 11 is 1.34. The maximum atomic E-state index is 12.2. The van der Waals surface area contributed by atoms with E-state index in [1.54, 1.807) is 11.8 Å². The lowest BCUT2D eigenvalue weighted by molar-refractivity contribution is -0.117. The van der Waals surface area contributed by atoms with Crippen LogP contribution in [0, 0.1) is 0 Å². The third-order valence-electron chi connectivity index (χ3n) is 3.55. The summed E-state index contributed by atoms with van der Waals surface area (Å²) in [6.07, 6.45) is 0.823. The van der Waals surface area contributed by atoms with Gasteiger partial charge in [0.2, 0.25) is 16.9 Å². The summed E-state index contributed by atoms with van der Waals surface area (Å²) < 4.78 is 0. The van der Waals surface area contributed by atoms with Crippen molar-refractivity contribution in [3.8, 4) is 0 Å². The summed E-state index contributed by atoms with van der Waals surface area (Å²) in [7, 11) is 0. The zero-order chi connectivity index (χ0) is 15.5. The fourth-order valence-corrected chi connectivity index (χ4v) is 3.24. The zero-order valence-corrected chi connectivity index (χ0v) is 13.0. The molecule has 0 spiro atoms. The Hall–Kier alpha value is -2.28. The van der Waals surface area contributed by atoms with Crippen molar-refractivity contribution in [2.45, 2.75) is 25.7 Å². The summed E-state index contributed by atoms with van der Waals surface area (Å²) in [4.78, 5) is 25.3. The van der Waals surface area contributed by atoms with Crippen LogP contribution in [-0.4, -0.2) is 28.6 Å². The second kappa shape index (κ2) is 6.23. The van der Waals surface area contributed by atoms with Crippen molar-refractivity contribution in [3.05, 3.63) is 35.3 Å². The van der Waals surface area contributed by atoms with Gasteiger partial charge in [0.1, 0.15) is 5.01 Å². The molecule has 1 aromatic carbocycles. The van der Waals surface area contributed by atoms with E-state index in [0.29, 0.717) is 24.5 Å². The Morgan fingerprint density at radius 2 is 2.14 bits per heavy atom. The zero-order valence-electron chi connectivity index (χ0n) is 12.2. The minimum absolute atomic E-state index is 0.0254. The van der Waals surface area contributed by atoms with E-state index < -0.39 is 0 Å². The summed E-state index contributed by atoms with van der Waals surface area (Å²) in [5.41, 5.74) is 0.902. The minimum atomic E-state index is -0.0869. The molecule has 3 rings (SSSR count). The molecule has 1 aliphatic rings. The Morgan fingerprint density at radius 3 is 2.86 bits per heavy atom. The van der Waals surface area contributed by atoms with Gasteiger partial charge in [-0.15, -0.1) is 10.2 Å². The predicted octanol–water partition coefficient (Wildman–Crippen LogP) is 2.41. The highest BCUT2D eigenvalue weighted by atomic mass is 32.1. The smallest absolute Gasteiger partial charge is 0.227 e. The van der Waals surface area contributed by atoms with E-state index in [1.807, 2.05) is 30.3 Å². The van der Waals surface area contributed by atoms with Gasteiger partial charge in [-0.05, 0) is 12.1 Å². The molecule has 2 heterocycles. The summed E-state index contributed by atoms with van der Waals surface area (Å²) in [5, 5.41) is 12.1. The Bertz CT molecular complexity index is 686. The van der Waals surface area contributed by atoms with Crippen LogP contribution in [0.15, 0.2) is 30.3 Å². The molecular weight excluding hydrogens is 300 g/mol. The fourth-order valence-electron chi connectivity index (χ4n) is 2.39. The predicted molar refractivity (Wildman–Crippen MR) is 85.0 cm³/mol. The lowest BCUT2D eigenvalue weighted by Gasteiger charge is -2.15. The first-order chi connectivity index (χ1) is 10.7. The van der Waals surface area contributed by atoms with Crippen molar-refractivity contribution in [3.63, 3.8) is 0 Å². The van der Waals surface area contributed by atoms with Crippen LogP contribution < -0.4 is 10.2 Å². The maximum absolute atomic E-state index is 12.2. The van der Waals surface area contributed by atoms with Crippen LogP contribution in [0.1, 0.15) is 30.7 Å². The van der Waals surface area contributed by atoms with Gasteiger partial charge < -0.3 is 10.2 Å². The van der Waals surface area contributed by atoms with E-state index in [-0.39, 0.29) is 17.7 Å². The minimum Gasteiger partial charge on any atom is -0.312 e. The number of para-hydroxylation sites is 1. The fraction of sp³-hybridized carbons (Fsp3) is 0.333. The molecule has 0 radical (unpaired) electrons. The normalized spacial score (nSPS) is 17.8. The molecule has 1 saturated heterocycles. The van der Waals surface area contributed by atoms with Crippen molar-refractivity contribution in [1.29, 1.82) is 0 Å². The van der Waals surface area contributed by atoms with Crippen LogP contribution in [0.25, 0.3) is 0 Å². The molecule has 1 fully saturated rings. The first kappa shape index (κ1) is 14.6. The summed E-state index contributed by atoms with van der Waals surface area (Å²) in [6, 6.07) is 9.61. The Kier molecular flexibility index (Phi) is 4.15. The highest BCUT2D eigenvalue weighted by Crippen LogP contribution is 2.34. The quantitative estimate of drug-likeness (QED) is 0.940. The van der Waals surface area contributed by atoms with E-state index in [2.05, 4.69) is 15.5 Å². The highest BCUT2D eigenvalue weighted by molar-refractivity contribution is 7.15. The number of nitrogens with zero attached hydrogens (tertiary/aromatic N) is 3. The number of hydrogen-bond acceptors (Lipinski definition) is 5. The molecule has 6 nitrogen and oxygen atoms in total. The number of carbonyl (C=O) groups is 2. The van der Waals surface area contributed by atoms with Crippen LogP contribution in [0.4, 0.5) is 10.8 Å². The summed E-state index contributed by atoms with van der Waals surface area (Å²) in [6.45, 7) is 2.38. The van der Waals surface area contributed by atoms with Gasteiger partial charge in [0.25, 0.3) is 0 Å². The summed E-state index contributed by atoms with van der Waals surface area (Å²) in [5.74, 6) is 0.0270. The number of benzene rings is 1. The second-order valence-electron chi connectivity index (χ2n) is 5.09. The molecular formula is C15H16N4O2S. The van der Waals surface area contributed by atoms with Gasteiger partial charge in [0.05, 0.1) is 0 Å². The van der Waals surface area contributed by atoms with E-state index in [4.69, 9.17) is 0 Å². The molecule has 1 N–H and O–H groups in total. The lowest BCUT2D eigenvalue weighted by atomic mass is 10.1. The average Bonchev–Trinajstić information content (AvgIpc) is 3.14. The van der Waals surface area contributed by atoms with Crippen LogP contribution in [0.5, 0.6) is 0 Å². The highest BCUT2D eigenvalue weighted by Gasteiger charge is 2.33. The molecule has 7 heteroatoms. The Labute approximate surface area is 132 Å². The molecule has 2 amide bonds. The third kappa shape index (κ3) is 2.99. The molecule has 0 bridgehead atoms. The SMILES string of the molecule is CCC(=O)Nc1nnc([C@H]2CC(=O)N(c3ccccc3)C2)s1. The van der Waals surface area contributed by atoms with E-state index in [9.17, 15) is 9.59 Å². The Balaban J connectivity index is 1.72. The lowest BCUT2D eigenvalue weighted by Crippen LogP contribution is -2.24. The third-order valence-corrected chi connectivity index (χ3v) is 4.55. The topological polar surface area (TPSA) is 75.2 Å². The molecule has 1 aromatic heterocycles. The molecule has 114 valence electrons. The molecule has 1 aliphatic heterocycles. The number of hydrogen-bond donors (Lipinski definition) is 1. The van der Waals surface area contributed by atoms with E-state index in [0.717, 1.165) is 10.7 Å². The van der Waals surface area contributed by atoms with Crippen molar-refractivity contribution in [1.82, 2.24) is 10.2 Å².